The zero-order valence-electron chi connectivity index (χ0n) is 14.0. The van der Waals surface area contributed by atoms with E-state index in [9.17, 15) is 25.2 Å². The molecule has 26 heavy (non-hydrogen) atoms. The highest BCUT2D eigenvalue weighted by molar-refractivity contribution is 6.05. The van der Waals surface area contributed by atoms with Crippen molar-refractivity contribution >= 4 is 11.7 Å². The van der Waals surface area contributed by atoms with Gasteiger partial charge in [0.15, 0.2) is 0 Å². The Morgan fingerprint density at radius 1 is 1.19 bits per heavy atom. The number of ether oxygens (including phenoxy) is 3. The highest BCUT2D eigenvalue weighted by Crippen LogP contribution is 2.37. The van der Waals surface area contributed by atoms with Gasteiger partial charge in [0.1, 0.15) is 41.5 Å². The van der Waals surface area contributed by atoms with E-state index in [2.05, 4.69) is 0 Å². The largest absolute Gasteiger partial charge is 0.461 e. The molecule has 1 fully saturated rings. The molecular weight excluding hydrogens is 344 g/mol. The SMILES string of the molecule is C/C=C/C=C1\OC(=O)c2c(O[C@@H]3OC(CO)[C@H](O)C(O)[C@@H]3O)cccc21. The van der Waals surface area contributed by atoms with Crippen LogP contribution in [-0.2, 0) is 9.47 Å². The lowest BCUT2D eigenvalue weighted by molar-refractivity contribution is -0.277. The summed E-state index contributed by atoms with van der Waals surface area (Å²) < 4.78 is 16.1. The van der Waals surface area contributed by atoms with Gasteiger partial charge in [0, 0.05) is 5.56 Å². The number of hydrogen-bond acceptors (Lipinski definition) is 8. The number of cyclic esters (lactones) is 1. The summed E-state index contributed by atoms with van der Waals surface area (Å²) in [7, 11) is 0. The summed E-state index contributed by atoms with van der Waals surface area (Å²) in [4.78, 5) is 12.2. The summed E-state index contributed by atoms with van der Waals surface area (Å²) in [6, 6.07) is 4.83. The first-order valence-electron chi connectivity index (χ1n) is 8.13. The lowest BCUT2D eigenvalue weighted by Crippen LogP contribution is -2.60. The van der Waals surface area contributed by atoms with Crippen LogP contribution in [0.1, 0.15) is 22.8 Å². The van der Waals surface area contributed by atoms with E-state index in [1.165, 1.54) is 6.07 Å². The number of aliphatic hydroxyl groups excluding tert-OH is 4. The lowest BCUT2D eigenvalue weighted by atomic mass is 9.99. The number of aliphatic hydroxyl groups is 4. The Morgan fingerprint density at radius 2 is 1.96 bits per heavy atom. The molecule has 0 aliphatic carbocycles. The molecule has 2 aliphatic heterocycles. The maximum atomic E-state index is 12.2. The Bertz CT molecular complexity index is 739. The number of carbonyl (C=O) groups excluding carboxylic acids is 1. The van der Waals surface area contributed by atoms with Crippen molar-refractivity contribution in [2.75, 3.05) is 6.61 Å². The van der Waals surface area contributed by atoms with Gasteiger partial charge in [-0.1, -0.05) is 24.3 Å². The van der Waals surface area contributed by atoms with Crippen LogP contribution in [0.25, 0.3) is 5.76 Å². The van der Waals surface area contributed by atoms with E-state index >= 15 is 0 Å². The summed E-state index contributed by atoms with van der Waals surface area (Å²) in [5.74, 6) is -0.154. The number of hydrogen-bond donors (Lipinski definition) is 4. The average molecular weight is 364 g/mol. The summed E-state index contributed by atoms with van der Waals surface area (Å²) >= 11 is 0. The third-order valence-corrected chi connectivity index (χ3v) is 4.23. The van der Waals surface area contributed by atoms with Crippen LogP contribution in [0.4, 0.5) is 0 Å². The van der Waals surface area contributed by atoms with Crippen LogP contribution >= 0.6 is 0 Å². The standard InChI is InChI=1S/C18H20O8/c1-2-3-6-10-9-5-4-7-11(13(9)17(23)24-10)25-18-16(22)15(21)14(20)12(8-19)26-18/h2-7,12,14-16,18-22H,8H2,1H3/b3-2+,10-6-/t12?,14-,15?,16-,18+/m0/s1. The fourth-order valence-electron chi connectivity index (χ4n) is 2.85. The van der Waals surface area contributed by atoms with Gasteiger partial charge in [0.2, 0.25) is 6.29 Å². The molecule has 5 atom stereocenters. The molecule has 1 aromatic carbocycles. The first-order valence-corrected chi connectivity index (χ1v) is 8.13. The van der Waals surface area contributed by atoms with E-state index in [1.54, 1.807) is 30.4 Å². The molecule has 140 valence electrons. The Morgan fingerprint density at radius 3 is 2.65 bits per heavy atom. The molecule has 0 saturated carbocycles. The van der Waals surface area contributed by atoms with Gasteiger partial charge in [-0.3, -0.25) is 0 Å². The van der Waals surface area contributed by atoms with Gasteiger partial charge in [-0.15, -0.1) is 0 Å². The molecular formula is C18H20O8. The molecule has 0 spiro atoms. The van der Waals surface area contributed by atoms with E-state index < -0.39 is 43.3 Å². The van der Waals surface area contributed by atoms with Crippen molar-refractivity contribution in [3.8, 4) is 5.75 Å². The van der Waals surface area contributed by atoms with E-state index in [0.29, 0.717) is 11.3 Å². The van der Waals surface area contributed by atoms with Gasteiger partial charge in [0.25, 0.3) is 0 Å². The van der Waals surface area contributed by atoms with Gasteiger partial charge in [0.05, 0.1) is 6.61 Å². The van der Waals surface area contributed by atoms with Crippen LogP contribution in [0.15, 0.2) is 36.4 Å². The molecule has 8 nitrogen and oxygen atoms in total. The summed E-state index contributed by atoms with van der Waals surface area (Å²) in [6.07, 6.45) is -1.96. The number of benzene rings is 1. The minimum Gasteiger partial charge on any atom is -0.461 e. The number of esters is 1. The smallest absolute Gasteiger partial charge is 0.348 e. The monoisotopic (exact) mass is 364 g/mol. The van der Waals surface area contributed by atoms with Crippen molar-refractivity contribution < 1.29 is 39.4 Å². The number of rotatable bonds is 4. The molecule has 0 bridgehead atoms. The highest BCUT2D eigenvalue weighted by atomic mass is 16.7. The van der Waals surface area contributed by atoms with Crippen LogP contribution < -0.4 is 4.74 Å². The van der Waals surface area contributed by atoms with Gasteiger partial charge in [-0.2, -0.15) is 0 Å². The minimum absolute atomic E-state index is 0.0979. The van der Waals surface area contributed by atoms with E-state index in [-0.39, 0.29) is 11.3 Å². The lowest BCUT2D eigenvalue weighted by Gasteiger charge is -2.39. The second-order valence-electron chi connectivity index (χ2n) is 5.94. The Hall–Kier alpha value is -2.23. The molecule has 2 unspecified atom stereocenters. The van der Waals surface area contributed by atoms with E-state index in [4.69, 9.17) is 14.2 Å². The van der Waals surface area contributed by atoms with Crippen molar-refractivity contribution in [3.63, 3.8) is 0 Å². The van der Waals surface area contributed by atoms with Crippen molar-refractivity contribution in [2.45, 2.75) is 37.6 Å². The third kappa shape index (κ3) is 3.25. The zero-order chi connectivity index (χ0) is 18.8. The van der Waals surface area contributed by atoms with Crippen molar-refractivity contribution in [1.82, 2.24) is 0 Å². The second kappa shape index (κ2) is 7.56. The highest BCUT2D eigenvalue weighted by Gasteiger charge is 2.45. The maximum Gasteiger partial charge on any atom is 0.348 e. The van der Waals surface area contributed by atoms with Crippen LogP contribution in [0, 0.1) is 0 Å². The molecule has 0 radical (unpaired) electrons. The fraction of sp³-hybridized carbons (Fsp3) is 0.389. The molecule has 2 aliphatic rings. The minimum atomic E-state index is -1.57. The summed E-state index contributed by atoms with van der Waals surface area (Å²) in [6.45, 7) is 1.25. The molecule has 0 aromatic heterocycles. The Labute approximate surface area is 149 Å². The fourth-order valence-corrected chi connectivity index (χ4v) is 2.85. The molecule has 3 rings (SSSR count). The summed E-state index contributed by atoms with van der Waals surface area (Å²) in [5, 5.41) is 39.0. The quantitative estimate of drug-likeness (QED) is 0.548. The molecule has 8 heteroatoms. The number of fused-ring (bicyclic) bond motifs is 1. The predicted octanol–water partition coefficient (Wildman–Crippen LogP) is -0.0473. The molecule has 1 aromatic rings. The van der Waals surface area contributed by atoms with Gasteiger partial charge >= 0.3 is 5.97 Å². The van der Waals surface area contributed by atoms with Crippen molar-refractivity contribution in [1.29, 1.82) is 0 Å². The van der Waals surface area contributed by atoms with Crippen LogP contribution in [0.2, 0.25) is 0 Å². The molecule has 4 N–H and O–H groups in total. The van der Waals surface area contributed by atoms with Gasteiger partial charge in [-0.05, 0) is 19.1 Å². The normalized spacial score (nSPS) is 32.7. The number of carbonyl (C=O) groups is 1. The Balaban J connectivity index is 1.90. The van der Waals surface area contributed by atoms with Crippen LogP contribution in [0.5, 0.6) is 5.75 Å². The van der Waals surface area contributed by atoms with Crippen molar-refractivity contribution in [3.05, 3.63) is 47.6 Å². The first-order chi connectivity index (χ1) is 12.5. The first kappa shape index (κ1) is 18.6. The topological polar surface area (TPSA) is 126 Å². The predicted molar refractivity (Wildman–Crippen MR) is 89.0 cm³/mol. The van der Waals surface area contributed by atoms with Gasteiger partial charge in [-0.25, -0.2) is 4.79 Å². The number of allylic oxidation sites excluding steroid dienone is 3. The molecule has 0 amide bonds. The van der Waals surface area contributed by atoms with E-state index in [1.807, 2.05) is 6.92 Å². The average Bonchev–Trinajstić information content (AvgIpc) is 2.97. The Kier molecular flexibility index (Phi) is 5.40. The second-order valence-corrected chi connectivity index (χ2v) is 5.94. The van der Waals surface area contributed by atoms with E-state index in [0.717, 1.165) is 0 Å². The maximum absolute atomic E-state index is 12.2. The third-order valence-electron chi connectivity index (χ3n) is 4.23. The van der Waals surface area contributed by atoms with Crippen molar-refractivity contribution in [2.24, 2.45) is 0 Å². The van der Waals surface area contributed by atoms with Crippen LogP contribution in [-0.4, -0.2) is 63.7 Å². The van der Waals surface area contributed by atoms with Gasteiger partial charge < -0.3 is 34.6 Å². The molecule has 1 saturated heterocycles. The zero-order valence-corrected chi connectivity index (χ0v) is 14.0. The molecule has 2 heterocycles. The summed E-state index contributed by atoms with van der Waals surface area (Å²) in [5.41, 5.74) is 0.690. The van der Waals surface area contributed by atoms with Crippen LogP contribution in [0.3, 0.4) is 0 Å².